The molecule has 7 rings (SSSR count). The van der Waals surface area contributed by atoms with E-state index in [0.717, 1.165) is 39.9 Å². The van der Waals surface area contributed by atoms with Gasteiger partial charge in [0.1, 0.15) is 5.75 Å². The van der Waals surface area contributed by atoms with Gasteiger partial charge in [-0.1, -0.05) is 113 Å². The van der Waals surface area contributed by atoms with Crippen molar-refractivity contribution in [2.45, 2.75) is 39.5 Å². The Labute approximate surface area is 282 Å². The number of benzene rings is 5. The van der Waals surface area contributed by atoms with Crippen LogP contribution < -0.4 is 9.64 Å². The predicted molar refractivity (Wildman–Crippen MR) is 195 cm³/mol. The Bertz CT molecular complexity index is 2090. The first-order chi connectivity index (χ1) is 23.5. The second-order valence-electron chi connectivity index (χ2n) is 12.5. The summed E-state index contributed by atoms with van der Waals surface area (Å²) in [6.07, 6.45) is 6.12. The molecule has 0 aliphatic rings. The summed E-state index contributed by atoms with van der Waals surface area (Å²) >= 11 is 0. The molecule has 0 aliphatic heterocycles. The summed E-state index contributed by atoms with van der Waals surface area (Å²) in [5.41, 5.74) is 8.68. The molecule has 6 nitrogen and oxygen atoms in total. The normalized spacial score (nSPS) is 11.3. The highest BCUT2D eigenvalue weighted by Crippen LogP contribution is 2.39. The minimum absolute atomic E-state index is 0.388. The molecule has 0 radical (unpaired) electrons. The molecule has 0 unspecified atom stereocenters. The molecule has 0 fully saturated rings. The number of ether oxygens (including phenoxy) is 1. The van der Waals surface area contributed by atoms with Crippen molar-refractivity contribution in [2.75, 3.05) is 4.90 Å². The zero-order chi connectivity index (χ0) is 33.0. The number of rotatable bonds is 10. The average Bonchev–Trinajstić information content (AvgIpc) is 3.78. The van der Waals surface area contributed by atoms with Gasteiger partial charge in [0.2, 0.25) is 0 Å². The lowest BCUT2D eigenvalue weighted by molar-refractivity contribution is 0.435. The molecule has 0 bridgehead atoms. The lowest BCUT2D eigenvalue weighted by Crippen LogP contribution is -2.10. The van der Waals surface area contributed by atoms with E-state index in [2.05, 4.69) is 110 Å². The first kappa shape index (κ1) is 30.8. The van der Waals surface area contributed by atoms with Crippen LogP contribution in [0.3, 0.4) is 0 Å². The number of hydrogen-bond donors (Lipinski definition) is 0. The van der Waals surface area contributed by atoms with Gasteiger partial charge in [0.15, 0.2) is 5.82 Å². The minimum atomic E-state index is 0.388. The number of anilines is 3. The van der Waals surface area contributed by atoms with Crippen LogP contribution in [0.25, 0.3) is 22.6 Å². The Morgan fingerprint density at radius 2 is 1.23 bits per heavy atom. The maximum atomic E-state index is 6.37. The van der Waals surface area contributed by atoms with Crippen LogP contribution >= 0.6 is 0 Å². The Morgan fingerprint density at radius 1 is 0.625 bits per heavy atom. The molecule has 2 aromatic heterocycles. The molecular weight excluding hydrogens is 590 g/mol. The van der Waals surface area contributed by atoms with E-state index in [1.807, 2.05) is 83.8 Å². The quantitative estimate of drug-likeness (QED) is 0.151. The van der Waals surface area contributed by atoms with Gasteiger partial charge in [-0.25, -0.2) is 4.98 Å². The number of para-hydroxylation sites is 4. The molecule has 0 saturated carbocycles. The molecule has 0 atom stereocenters. The van der Waals surface area contributed by atoms with Gasteiger partial charge in [0, 0.05) is 23.1 Å². The summed E-state index contributed by atoms with van der Waals surface area (Å²) in [6.45, 7) is 8.99. The number of nitrogens with zero attached hydrogens (tertiary/aromatic N) is 5. The molecule has 5 aromatic carbocycles. The summed E-state index contributed by atoms with van der Waals surface area (Å²) in [7, 11) is 0. The highest BCUT2D eigenvalue weighted by Gasteiger charge is 2.21. The Kier molecular flexibility index (Phi) is 8.63. The van der Waals surface area contributed by atoms with Gasteiger partial charge in [0.05, 0.1) is 29.6 Å². The lowest BCUT2D eigenvalue weighted by Gasteiger charge is -2.23. The molecule has 0 amide bonds. The highest BCUT2D eigenvalue weighted by molar-refractivity contribution is 5.78. The van der Waals surface area contributed by atoms with Gasteiger partial charge in [-0.2, -0.15) is 4.98 Å². The summed E-state index contributed by atoms with van der Waals surface area (Å²) in [6, 6.07) is 45.8. The fourth-order valence-corrected chi connectivity index (χ4v) is 6.10. The average molecular weight is 630 g/mol. The standard InChI is InChI=1S/C42H39N5O/c1-30(2)37-24-15-25-38(31(3)4)41(37)45-27-39(43-29-45)32-16-14-21-35(26-32)47(34-19-10-6-11-20-34)40-28-46(33-17-8-5-9-18-33)42(44-40)48-36-22-12-7-13-23-36/h5-31H,1-4H3. The van der Waals surface area contributed by atoms with Gasteiger partial charge in [-0.3, -0.25) is 9.47 Å². The predicted octanol–water partition coefficient (Wildman–Crippen LogP) is 11.2. The molecule has 0 aliphatic carbocycles. The molecular formula is C42H39N5O. The van der Waals surface area contributed by atoms with Crippen LogP contribution in [0.4, 0.5) is 17.2 Å². The van der Waals surface area contributed by atoms with Crippen LogP contribution in [0, 0.1) is 0 Å². The van der Waals surface area contributed by atoms with E-state index < -0.39 is 0 Å². The van der Waals surface area contributed by atoms with Crippen molar-refractivity contribution in [1.82, 2.24) is 19.1 Å². The molecule has 48 heavy (non-hydrogen) atoms. The van der Waals surface area contributed by atoms with Crippen molar-refractivity contribution in [3.05, 3.63) is 163 Å². The summed E-state index contributed by atoms with van der Waals surface area (Å²) in [5, 5.41) is 0. The van der Waals surface area contributed by atoms with E-state index in [4.69, 9.17) is 14.7 Å². The monoisotopic (exact) mass is 629 g/mol. The van der Waals surface area contributed by atoms with E-state index in [1.165, 1.54) is 16.8 Å². The van der Waals surface area contributed by atoms with Crippen molar-refractivity contribution >= 4 is 17.2 Å². The zero-order valence-electron chi connectivity index (χ0n) is 27.7. The third-order valence-electron chi connectivity index (χ3n) is 8.47. The Morgan fingerprint density at radius 3 is 1.90 bits per heavy atom. The lowest BCUT2D eigenvalue weighted by atomic mass is 9.92. The molecule has 238 valence electrons. The van der Waals surface area contributed by atoms with Crippen LogP contribution in [0.2, 0.25) is 0 Å². The van der Waals surface area contributed by atoms with E-state index in [0.29, 0.717) is 17.8 Å². The number of hydrogen-bond acceptors (Lipinski definition) is 4. The third kappa shape index (κ3) is 6.25. The van der Waals surface area contributed by atoms with Crippen LogP contribution in [-0.2, 0) is 0 Å². The number of imidazole rings is 2. The van der Waals surface area contributed by atoms with Crippen LogP contribution in [0.15, 0.2) is 152 Å². The van der Waals surface area contributed by atoms with Crippen LogP contribution in [0.1, 0.15) is 50.7 Å². The third-order valence-corrected chi connectivity index (χ3v) is 8.47. The summed E-state index contributed by atoms with van der Waals surface area (Å²) in [5.74, 6) is 2.22. The number of aromatic nitrogens is 4. The maximum Gasteiger partial charge on any atom is 0.308 e. The topological polar surface area (TPSA) is 48.1 Å². The van der Waals surface area contributed by atoms with Gasteiger partial charge in [-0.05, 0) is 71.5 Å². The second kappa shape index (κ2) is 13.5. The van der Waals surface area contributed by atoms with Crippen molar-refractivity contribution in [1.29, 1.82) is 0 Å². The smallest absolute Gasteiger partial charge is 0.308 e. The largest absolute Gasteiger partial charge is 0.425 e. The van der Waals surface area contributed by atoms with E-state index in [9.17, 15) is 0 Å². The molecule has 6 heteroatoms. The van der Waals surface area contributed by atoms with Crippen molar-refractivity contribution in [2.24, 2.45) is 0 Å². The second-order valence-corrected chi connectivity index (χ2v) is 12.5. The highest BCUT2D eigenvalue weighted by atomic mass is 16.5. The maximum absolute atomic E-state index is 6.37. The zero-order valence-corrected chi connectivity index (χ0v) is 27.7. The first-order valence-corrected chi connectivity index (χ1v) is 16.5. The van der Waals surface area contributed by atoms with Crippen LogP contribution in [0.5, 0.6) is 11.8 Å². The summed E-state index contributed by atoms with van der Waals surface area (Å²) in [4.78, 5) is 12.2. The molecule has 0 saturated heterocycles. The molecule has 0 N–H and O–H groups in total. The van der Waals surface area contributed by atoms with Gasteiger partial charge in [-0.15, -0.1) is 0 Å². The molecule has 2 heterocycles. The molecule has 7 aromatic rings. The molecule has 0 spiro atoms. The Hall–Kier alpha value is -5.88. The summed E-state index contributed by atoms with van der Waals surface area (Å²) < 4.78 is 10.5. The van der Waals surface area contributed by atoms with Gasteiger partial charge in [0.25, 0.3) is 0 Å². The minimum Gasteiger partial charge on any atom is -0.425 e. The fraction of sp³-hybridized carbons (Fsp3) is 0.143. The van der Waals surface area contributed by atoms with Crippen molar-refractivity contribution in [3.8, 4) is 34.4 Å². The van der Waals surface area contributed by atoms with E-state index in [-0.39, 0.29) is 0 Å². The van der Waals surface area contributed by atoms with Crippen LogP contribution in [-0.4, -0.2) is 19.1 Å². The fourth-order valence-electron chi connectivity index (χ4n) is 6.10. The first-order valence-electron chi connectivity index (χ1n) is 16.5. The Balaban J connectivity index is 1.32. The van der Waals surface area contributed by atoms with Crippen molar-refractivity contribution < 1.29 is 4.74 Å². The van der Waals surface area contributed by atoms with Gasteiger partial charge >= 0.3 is 6.01 Å². The van der Waals surface area contributed by atoms with E-state index >= 15 is 0 Å². The SMILES string of the molecule is CC(C)c1cccc(C(C)C)c1-n1cnc(-c2cccc(N(c3ccccc3)c3cn(-c4ccccc4)c(Oc4ccccc4)n3)c2)c1. The van der Waals surface area contributed by atoms with E-state index in [1.54, 1.807) is 0 Å². The van der Waals surface area contributed by atoms with Crippen molar-refractivity contribution in [3.63, 3.8) is 0 Å². The van der Waals surface area contributed by atoms with Gasteiger partial charge < -0.3 is 9.30 Å².